The molecule has 0 spiro atoms. The molecule has 0 unspecified atom stereocenters. The zero-order valence-electron chi connectivity index (χ0n) is 18.9. The molecule has 1 atom stereocenters. The van der Waals surface area contributed by atoms with E-state index < -0.39 is 29.6 Å². The van der Waals surface area contributed by atoms with Crippen molar-refractivity contribution in [3.8, 4) is 22.9 Å². The first-order valence-electron chi connectivity index (χ1n) is 10.7. The Labute approximate surface area is 202 Å². The highest BCUT2D eigenvalue weighted by Crippen LogP contribution is 2.26. The van der Waals surface area contributed by atoms with E-state index in [9.17, 15) is 18.4 Å². The molecule has 36 heavy (non-hydrogen) atoms. The minimum atomic E-state index is -1.16. The van der Waals surface area contributed by atoms with Crippen molar-refractivity contribution in [2.45, 2.75) is 25.4 Å². The highest BCUT2D eigenvalue weighted by atomic mass is 19.1. The van der Waals surface area contributed by atoms with Crippen LogP contribution in [0.2, 0.25) is 0 Å². The predicted octanol–water partition coefficient (Wildman–Crippen LogP) is 3.14. The molecule has 4 aromatic rings. The summed E-state index contributed by atoms with van der Waals surface area (Å²) in [5.41, 5.74) is 1.48. The molecule has 186 valence electrons. The molecular weight excluding hydrogens is 478 g/mol. The van der Waals surface area contributed by atoms with Crippen LogP contribution in [0.5, 0.6) is 0 Å². The number of carbonyl (C=O) groups excluding carboxylic acids is 1. The molecule has 0 fully saturated rings. The van der Waals surface area contributed by atoms with Gasteiger partial charge in [0.2, 0.25) is 0 Å². The lowest BCUT2D eigenvalue weighted by molar-refractivity contribution is -0.142. The zero-order chi connectivity index (χ0) is 25.7. The van der Waals surface area contributed by atoms with Gasteiger partial charge in [-0.1, -0.05) is 23.4 Å². The maximum Gasteiger partial charge on any atom is 0.328 e. The van der Waals surface area contributed by atoms with Crippen molar-refractivity contribution >= 4 is 17.8 Å². The minimum absolute atomic E-state index is 0.00206. The molecule has 4 rings (SSSR count). The summed E-state index contributed by atoms with van der Waals surface area (Å²) in [6.45, 7) is 0.0563. The number of carbonyl (C=O) groups is 2. The highest BCUT2D eigenvalue weighted by molar-refractivity contribution is 5.80. The summed E-state index contributed by atoms with van der Waals surface area (Å²) in [6, 6.07) is 8.24. The molecule has 0 radical (unpaired) electrons. The normalized spacial score (nSPS) is 11.8. The number of nitrogens with zero attached hydrogens (tertiary/aromatic N) is 5. The quantitative estimate of drug-likeness (QED) is 0.313. The summed E-state index contributed by atoms with van der Waals surface area (Å²) in [6.07, 6.45) is 1.75. The number of hydrogen-bond acceptors (Lipinski definition) is 9. The number of halogens is 2. The first-order chi connectivity index (χ1) is 17.4. The monoisotopic (exact) mass is 498 g/mol. The van der Waals surface area contributed by atoms with Gasteiger partial charge in [-0.25, -0.2) is 23.5 Å². The standard InChI is InChI=1S/C23H20F2N6O5/c1-35-23(34)17(6-7-20(32)33)27-21-15(25)11-26-22(28-21)18-10-19(16-8-9-36-30-16)31(29-18)12-13-4-2-3-5-14(13)24/h2-5,8-11,17H,6-7,12H2,1H3,(H,32,33)(H,26,27,28)/t17-/m0/s1. The Morgan fingerprint density at radius 2 is 2.00 bits per heavy atom. The fourth-order valence-corrected chi connectivity index (χ4v) is 3.40. The average molecular weight is 498 g/mol. The van der Waals surface area contributed by atoms with Crippen LogP contribution in [0.15, 0.2) is 53.4 Å². The van der Waals surface area contributed by atoms with Crippen molar-refractivity contribution < 1.29 is 32.7 Å². The Kier molecular flexibility index (Phi) is 7.28. The molecule has 11 nitrogen and oxygen atoms in total. The number of anilines is 1. The third kappa shape index (κ3) is 5.51. The number of ether oxygens (including phenoxy) is 1. The summed E-state index contributed by atoms with van der Waals surface area (Å²) >= 11 is 0. The van der Waals surface area contributed by atoms with E-state index in [1.165, 1.54) is 17.0 Å². The van der Waals surface area contributed by atoms with Crippen molar-refractivity contribution in [1.29, 1.82) is 0 Å². The lowest BCUT2D eigenvalue weighted by Crippen LogP contribution is -2.32. The molecule has 0 aliphatic heterocycles. The molecule has 1 aromatic carbocycles. The van der Waals surface area contributed by atoms with Crippen LogP contribution in [-0.2, 0) is 20.9 Å². The summed E-state index contributed by atoms with van der Waals surface area (Å²) < 4.78 is 39.9. The Hall–Kier alpha value is -4.68. The number of carboxylic acids is 1. The lowest BCUT2D eigenvalue weighted by atomic mass is 10.1. The maximum absolute atomic E-state index is 14.5. The summed E-state index contributed by atoms with van der Waals surface area (Å²) in [4.78, 5) is 31.1. The molecule has 2 N–H and O–H groups in total. The molecule has 3 aromatic heterocycles. The van der Waals surface area contributed by atoms with Gasteiger partial charge in [-0.3, -0.25) is 9.48 Å². The number of methoxy groups -OCH3 is 1. The average Bonchev–Trinajstić information content (AvgIpc) is 3.54. The SMILES string of the molecule is COC(=O)[C@H](CCC(=O)O)Nc1nc(-c2cc(-c3ccon3)n(Cc3ccccc3F)n2)ncc1F. The van der Waals surface area contributed by atoms with Crippen molar-refractivity contribution in [2.24, 2.45) is 0 Å². The number of aliphatic carboxylic acids is 1. The molecule has 0 bridgehead atoms. The van der Waals surface area contributed by atoms with Crippen LogP contribution in [0.25, 0.3) is 22.9 Å². The van der Waals surface area contributed by atoms with Crippen molar-refractivity contribution in [3.05, 3.63) is 66.1 Å². The topological polar surface area (TPSA) is 145 Å². The van der Waals surface area contributed by atoms with Crippen LogP contribution in [0.3, 0.4) is 0 Å². The van der Waals surface area contributed by atoms with Gasteiger partial charge < -0.3 is 19.7 Å². The largest absolute Gasteiger partial charge is 0.481 e. The highest BCUT2D eigenvalue weighted by Gasteiger charge is 2.24. The number of benzene rings is 1. The maximum atomic E-state index is 14.5. The second-order valence-electron chi connectivity index (χ2n) is 7.59. The predicted molar refractivity (Wildman–Crippen MR) is 121 cm³/mol. The van der Waals surface area contributed by atoms with Crippen LogP contribution in [0, 0.1) is 11.6 Å². The van der Waals surface area contributed by atoms with E-state index >= 15 is 0 Å². The summed E-state index contributed by atoms with van der Waals surface area (Å²) in [5.74, 6) is -3.54. The number of rotatable bonds is 10. The number of esters is 1. The van der Waals surface area contributed by atoms with Crippen LogP contribution >= 0.6 is 0 Å². The molecule has 0 aliphatic carbocycles. The van der Waals surface area contributed by atoms with Gasteiger partial charge >= 0.3 is 11.9 Å². The van der Waals surface area contributed by atoms with Crippen LogP contribution in [0.1, 0.15) is 18.4 Å². The Morgan fingerprint density at radius 3 is 2.69 bits per heavy atom. The van der Waals surface area contributed by atoms with Crippen LogP contribution < -0.4 is 5.32 Å². The molecule has 3 heterocycles. The van der Waals surface area contributed by atoms with Gasteiger partial charge in [-0.2, -0.15) is 5.10 Å². The van der Waals surface area contributed by atoms with Gasteiger partial charge in [0.05, 0.1) is 25.5 Å². The van der Waals surface area contributed by atoms with Gasteiger partial charge in [0, 0.05) is 18.1 Å². The van der Waals surface area contributed by atoms with E-state index in [1.807, 2.05) is 0 Å². The fourth-order valence-electron chi connectivity index (χ4n) is 3.40. The molecule has 0 aliphatic rings. The van der Waals surface area contributed by atoms with Crippen molar-refractivity contribution in [2.75, 3.05) is 12.4 Å². The molecule has 0 amide bonds. The second kappa shape index (κ2) is 10.7. The number of nitrogens with one attached hydrogen (secondary N) is 1. The first-order valence-corrected chi connectivity index (χ1v) is 10.7. The molecular formula is C23H20F2N6O5. The lowest BCUT2D eigenvalue weighted by Gasteiger charge is -2.16. The van der Waals surface area contributed by atoms with E-state index in [0.717, 1.165) is 13.3 Å². The third-order valence-electron chi connectivity index (χ3n) is 5.17. The smallest absolute Gasteiger partial charge is 0.328 e. The molecule has 0 saturated heterocycles. The minimum Gasteiger partial charge on any atom is -0.481 e. The molecule has 0 saturated carbocycles. The fraction of sp³-hybridized carbons (Fsp3) is 0.217. The Bertz CT molecular complexity index is 1380. The van der Waals surface area contributed by atoms with E-state index in [4.69, 9.17) is 9.63 Å². The van der Waals surface area contributed by atoms with Crippen LogP contribution in [-0.4, -0.2) is 55.1 Å². The summed E-state index contributed by atoms with van der Waals surface area (Å²) in [5, 5.41) is 19.9. The Morgan fingerprint density at radius 1 is 1.19 bits per heavy atom. The number of aromatic nitrogens is 5. The van der Waals surface area contributed by atoms with E-state index in [1.54, 1.807) is 30.3 Å². The van der Waals surface area contributed by atoms with Gasteiger partial charge in [-0.15, -0.1) is 0 Å². The summed E-state index contributed by atoms with van der Waals surface area (Å²) in [7, 11) is 1.13. The third-order valence-corrected chi connectivity index (χ3v) is 5.17. The first kappa shape index (κ1) is 24.4. The van der Waals surface area contributed by atoms with Gasteiger partial charge in [-0.05, 0) is 18.6 Å². The van der Waals surface area contributed by atoms with Crippen molar-refractivity contribution in [1.82, 2.24) is 24.9 Å². The van der Waals surface area contributed by atoms with Gasteiger partial charge in [0.15, 0.2) is 17.5 Å². The number of carboxylic acid groups (broad SMARTS) is 1. The zero-order valence-corrected chi connectivity index (χ0v) is 18.9. The molecule has 13 heteroatoms. The van der Waals surface area contributed by atoms with E-state index in [0.29, 0.717) is 17.0 Å². The van der Waals surface area contributed by atoms with Gasteiger partial charge in [0.25, 0.3) is 0 Å². The Balaban J connectivity index is 1.69. The van der Waals surface area contributed by atoms with Gasteiger partial charge in [0.1, 0.15) is 29.5 Å². The van der Waals surface area contributed by atoms with E-state index in [-0.39, 0.29) is 36.7 Å². The number of hydrogen-bond donors (Lipinski definition) is 2. The van der Waals surface area contributed by atoms with E-state index in [2.05, 4.69) is 30.3 Å². The second-order valence-corrected chi connectivity index (χ2v) is 7.59. The van der Waals surface area contributed by atoms with Crippen LogP contribution in [0.4, 0.5) is 14.6 Å². The van der Waals surface area contributed by atoms with Crippen molar-refractivity contribution in [3.63, 3.8) is 0 Å².